The highest BCUT2D eigenvalue weighted by atomic mass is 16.3. The molecule has 2 N–H and O–H groups in total. The van der Waals surface area contributed by atoms with Crippen molar-refractivity contribution in [1.82, 2.24) is 4.98 Å². The summed E-state index contributed by atoms with van der Waals surface area (Å²) in [6.07, 6.45) is 7.70. The number of pyridine rings is 1. The minimum absolute atomic E-state index is 0.0610. The van der Waals surface area contributed by atoms with E-state index in [0.29, 0.717) is 5.56 Å². The average molecular weight is 203 g/mol. The van der Waals surface area contributed by atoms with E-state index in [1.54, 1.807) is 0 Å². The largest absolute Gasteiger partial charge is 0.494 e. The molecule has 3 heteroatoms. The van der Waals surface area contributed by atoms with Gasteiger partial charge in [-0.3, -0.25) is 9.78 Å². The zero-order valence-electron chi connectivity index (χ0n) is 8.74. The van der Waals surface area contributed by atoms with Gasteiger partial charge in [-0.1, -0.05) is 38.2 Å². The number of fused-ring (bicyclic) bond motifs is 1. The number of aromatic nitrogens is 1. The first-order valence-corrected chi connectivity index (χ1v) is 4.83. The summed E-state index contributed by atoms with van der Waals surface area (Å²) in [7, 11) is 0. The first-order chi connectivity index (χ1) is 6.98. The predicted molar refractivity (Wildman–Crippen MR) is 60.6 cm³/mol. The van der Waals surface area contributed by atoms with Crippen molar-refractivity contribution in [2.45, 2.75) is 13.8 Å². The number of hydrogen-bond acceptors (Lipinski definition) is 2. The van der Waals surface area contributed by atoms with Crippen LogP contribution in [0.1, 0.15) is 25.0 Å². The van der Waals surface area contributed by atoms with Gasteiger partial charge in [0.25, 0.3) is 5.56 Å². The molecule has 3 nitrogen and oxygen atoms in total. The number of H-pyrrole nitrogens is 1. The van der Waals surface area contributed by atoms with Crippen molar-refractivity contribution in [1.29, 1.82) is 0 Å². The van der Waals surface area contributed by atoms with Crippen molar-refractivity contribution < 1.29 is 5.11 Å². The van der Waals surface area contributed by atoms with Gasteiger partial charge in [0.1, 0.15) is 0 Å². The maximum Gasteiger partial charge on any atom is 0.251 e. The van der Waals surface area contributed by atoms with Gasteiger partial charge in [-0.25, -0.2) is 0 Å². The molecule has 1 heterocycles. The van der Waals surface area contributed by atoms with Gasteiger partial charge in [0.05, 0.1) is 0 Å². The smallest absolute Gasteiger partial charge is 0.251 e. The summed E-state index contributed by atoms with van der Waals surface area (Å²) in [6, 6.07) is 1.48. The number of aromatic amines is 1. The minimum Gasteiger partial charge on any atom is -0.494 e. The van der Waals surface area contributed by atoms with Gasteiger partial charge in [0, 0.05) is 17.0 Å². The van der Waals surface area contributed by atoms with Gasteiger partial charge in [-0.15, -0.1) is 0 Å². The standard InChI is InChI=1S/C12H13NO2/c1-12(2)5-3-8-7-10(14)13-11(15)9(8)4-6-12/h3-7H,1-2H3,(H2,13,14,15). The summed E-state index contributed by atoms with van der Waals surface area (Å²) in [5, 5.41) is 9.59. The van der Waals surface area contributed by atoms with Crippen LogP contribution in [0.5, 0.6) is 5.88 Å². The van der Waals surface area contributed by atoms with E-state index in [-0.39, 0.29) is 16.9 Å². The lowest BCUT2D eigenvalue weighted by Crippen LogP contribution is -2.05. The van der Waals surface area contributed by atoms with Gasteiger partial charge in [0.15, 0.2) is 5.88 Å². The normalized spacial score (nSPS) is 17.2. The Morgan fingerprint density at radius 3 is 2.67 bits per heavy atom. The van der Waals surface area contributed by atoms with Gasteiger partial charge in [-0.2, -0.15) is 0 Å². The molecule has 1 aliphatic carbocycles. The zero-order valence-corrected chi connectivity index (χ0v) is 8.74. The number of nitrogens with one attached hydrogen (secondary N) is 1. The Balaban J connectivity index is 2.68. The number of allylic oxidation sites excluding steroid dienone is 2. The van der Waals surface area contributed by atoms with E-state index in [0.717, 1.165) is 5.56 Å². The molecule has 1 aromatic heterocycles. The van der Waals surface area contributed by atoms with Crippen LogP contribution in [0.3, 0.4) is 0 Å². The van der Waals surface area contributed by atoms with Crippen molar-refractivity contribution in [3.63, 3.8) is 0 Å². The van der Waals surface area contributed by atoms with Gasteiger partial charge in [-0.05, 0) is 5.56 Å². The SMILES string of the molecule is CC1(C)C=Cc2cc(=O)[nH]c(O)c2C=C1. The molecule has 0 spiro atoms. The molecule has 0 atom stereocenters. The first kappa shape index (κ1) is 9.77. The first-order valence-electron chi connectivity index (χ1n) is 4.83. The molecule has 78 valence electrons. The van der Waals surface area contributed by atoms with Gasteiger partial charge >= 0.3 is 0 Å². The molecule has 1 aromatic rings. The molecule has 2 rings (SSSR count). The fraction of sp³-hybridized carbons (Fsp3) is 0.250. The second-order valence-corrected chi connectivity index (χ2v) is 4.34. The van der Waals surface area contributed by atoms with Crippen LogP contribution in [0.25, 0.3) is 12.2 Å². The van der Waals surface area contributed by atoms with Crippen LogP contribution >= 0.6 is 0 Å². The van der Waals surface area contributed by atoms with Crippen molar-refractivity contribution >= 4 is 12.2 Å². The molecule has 0 fully saturated rings. The number of aromatic hydroxyl groups is 1. The maximum absolute atomic E-state index is 11.2. The zero-order chi connectivity index (χ0) is 11.1. The van der Waals surface area contributed by atoms with E-state index in [9.17, 15) is 9.90 Å². The highest BCUT2D eigenvalue weighted by molar-refractivity contribution is 5.71. The Morgan fingerprint density at radius 2 is 1.93 bits per heavy atom. The third-order valence-corrected chi connectivity index (χ3v) is 2.47. The maximum atomic E-state index is 11.2. The monoisotopic (exact) mass is 203 g/mol. The van der Waals surface area contributed by atoms with Crippen LogP contribution in [0.2, 0.25) is 0 Å². The molecule has 0 saturated heterocycles. The molecule has 0 aromatic carbocycles. The van der Waals surface area contributed by atoms with Crippen LogP contribution in [0.15, 0.2) is 23.0 Å². The topological polar surface area (TPSA) is 53.1 Å². The van der Waals surface area contributed by atoms with Crippen molar-refractivity contribution in [3.8, 4) is 5.88 Å². The Bertz CT molecular complexity index is 507. The predicted octanol–water partition coefficient (Wildman–Crippen LogP) is 2.15. The summed E-state index contributed by atoms with van der Waals surface area (Å²) in [5.74, 6) is -0.0731. The van der Waals surface area contributed by atoms with Crippen molar-refractivity contribution in [2.75, 3.05) is 0 Å². The molecule has 0 radical (unpaired) electrons. The summed E-state index contributed by atoms with van der Waals surface area (Å²) in [6.45, 7) is 4.12. The van der Waals surface area contributed by atoms with Crippen molar-refractivity contribution in [2.24, 2.45) is 5.41 Å². The fourth-order valence-corrected chi connectivity index (χ4v) is 1.55. The lowest BCUT2D eigenvalue weighted by Gasteiger charge is -2.11. The lowest BCUT2D eigenvalue weighted by molar-refractivity contribution is 0.450. The molecule has 15 heavy (non-hydrogen) atoms. The summed E-state index contributed by atoms with van der Waals surface area (Å²) < 4.78 is 0. The highest BCUT2D eigenvalue weighted by Crippen LogP contribution is 2.29. The molecular formula is C12H13NO2. The third-order valence-electron chi connectivity index (χ3n) is 2.47. The van der Waals surface area contributed by atoms with Gasteiger partial charge < -0.3 is 5.11 Å². The van der Waals surface area contributed by atoms with Crippen LogP contribution in [0.4, 0.5) is 0 Å². The molecule has 0 bridgehead atoms. The quantitative estimate of drug-likeness (QED) is 0.678. The van der Waals surface area contributed by atoms with E-state index in [1.807, 2.05) is 24.3 Å². The van der Waals surface area contributed by atoms with E-state index in [1.165, 1.54) is 6.07 Å². The molecule has 0 aliphatic heterocycles. The second-order valence-electron chi connectivity index (χ2n) is 4.34. The Labute approximate surface area is 87.8 Å². The van der Waals surface area contributed by atoms with Crippen LogP contribution in [-0.2, 0) is 0 Å². The number of rotatable bonds is 0. The third kappa shape index (κ3) is 1.86. The molecule has 0 unspecified atom stereocenters. The Hall–Kier alpha value is -1.77. The fourth-order valence-electron chi connectivity index (χ4n) is 1.55. The van der Waals surface area contributed by atoms with E-state index in [2.05, 4.69) is 18.8 Å². The number of hydrogen-bond donors (Lipinski definition) is 2. The van der Waals surface area contributed by atoms with E-state index < -0.39 is 0 Å². The Morgan fingerprint density at radius 1 is 1.27 bits per heavy atom. The van der Waals surface area contributed by atoms with Crippen LogP contribution < -0.4 is 5.56 Å². The van der Waals surface area contributed by atoms with Crippen LogP contribution in [0, 0.1) is 5.41 Å². The van der Waals surface area contributed by atoms with Crippen LogP contribution in [-0.4, -0.2) is 10.1 Å². The van der Waals surface area contributed by atoms with Gasteiger partial charge in [0.2, 0.25) is 0 Å². The average Bonchev–Trinajstić information content (AvgIpc) is 2.26. The lowest BCUT2D eigenvalue weighted by atomic mass is 9.93. The summed E-state index contributed by atoms with van der Waals surface area (Å²) >= 11 is 0. The highest BCUT2D eigenvalue weighted by Gasteiger charge is 2.14. The molecular weight excluding hydrogens is 190 g/mol. The summed E-state index contributed by atoms with van der Waals surface area (Å²) in [5.41, 5.74) is 1.06. The molecule has 0 amide bonds. The second kappa shape index (κ2) is 3.12. The summed E-state index contributed by atoms with van der Waals surface area (Å²) in [4.78, 5) is 13.5. The minimum atomic E-state index is -0.288. The van der Waals surface area contributed by atoms with E-state index >= 15 is 0 Å². The van der Waals surface area contributed by atoms with Crippen molar-refractivity contribution in [3.05, 3.63) is 39.7 Å². The Kier molecular flexibility index (Phi) is 2.03. The molecule has 1 aliphatic rings. The molecule has 0 saturated carbocycles. The van der Waals surface area contributed by atoms with E-state index in [4.69, 9.17) is 0 Å².